The zero-order valence-electron chi connectivity index (χ0n) is 7.99. The molecule has 1 aromatic carbocycles. The maximum absolute atomic E-state index is 5.11. The molecule has 0 spiro atoms. The van der Waals surface area contributed by atoms with Gasteiger partial charge in [0.15, 0.2) is 0 Å². The highest BCUT2D eigenvalue weighted by Crippen LogP contribution is 2.12. The first kappa shape index (κ1) is 9.65. The molecule has 0 aromatic heterocycles. The van der Waals surface area contributed by atoms with Crippen molar-refractivity contribution in [3.8, 4) is 5.75 Å². The van der Waals surface area contributed by atoms with E-state index in [-0.39, 0.29) is 0 Å². The van der Waals surface area contributed by atoms with Gasteiger partial charge in [-0.15, -0.1) is 0 Å². The zero-order valence-corrected chi connectivity index (χ0v) is 7.99. The minimum Gasteiger partial charge on any atom is -0.505 e. The molecule has 13 heavy (non-hydrogen) atoms. The fraction of sp³-hybridized carbons (Fsp3) is 0.273. The first-order valence-corrected chi connectivity index (χ1v) is 4.17. The summed E-state index contributed by atoms with van der Waals surface area (Å²) in [6.45, 7) is 0. The SMILES string of the molecule is COC=CCc1cccc(OC)c1. The third-order valence-electron chi connectivity index (χ3n) is 1.72. The van der Waals surface area contributed by atoms with Crippen molar-refractivity contribution in [1.29, 1.82) is 0 Å². The summed E-state index contributed by atoms with van der Waals surface area (Å²) < 4.78 is 9.91. The Labute approximate surface area is 78.8 Å². The van der Waals surface area contributed by atoms with Crippen molar-refractivity contribution in [2.75, 3.05) is 14.2 Å². The maximum Gasteiger partial charge on any atom is 0.119 e. The van der Waals surface area contributed by atoms with Crippen LogP contribution in [0.4, 0.5) is 0 Å². The standard InChI is InChI=1S/C11H14O2/c1-12-8-4-6-10-5-3-7-11(9-10)13-2/h3-5,7-9H,6H2,1-2H3. The van der Waals surface area contributed by atoms with Crippen LogP contribution in [0.15, 0.2) is 36.6 Å². The van der Waals surface area contributed by atoms with Crippen molar-refractivity contribution in [1.82, 2.24) is 0 Å². The first-order valence-electron chi connectivity index (χ1n) is 4.17. The number of allylic oxidation sites excluding steroid dienone is 1. The van der Waals surface area contributed by atoms with E-state index in [0.29, 0.717) is 0 Å². The summed E-state index contributed by atoms with van der Waals surface area (Å²) in [6, 6.07) is 7.99. The Bertz CT molecular complexity index is 279. The molecule has 0 N–H and O–H groups in total. The monoisotopic (exact) mass is 178 g/mol. The van der Waals surface area contributed by atoms with Crippen molar-refractivity contribution in [2.24, 2.45) is 0 Å². The highest BCUT2D eigenvalue weighted by atomic mass is 16.5. The van der Waals surface area contributed by atoms with Gasteiger partial charge in [0.25, 0.3) is 0 Å². The minimum absolute atomic E-state index is 0.866. The number of methoxy groups -OCH3 is 2. The van der Waals surface area contributed by atoms with Gasteiger partial charge in [-0.25, -0.2) is 0 Å². The molecule has 0 radical (unpaired) electrons. The van der Waals surface area contributed by atoms with Crippen LogP contribution in [0.25, 0.3) is 0 Å². The summed E-state index contributed by atoms with van der Waals surface area (Å²) in [7, 11) is 3.31. The largest absolute Gasteiger partial charge is 0.505 e. The molecule has 0 saturated heterocycles. The summed E-state index contributed by atoms with van der Waals surface area (Å²) in [5.41, 5.74) is 1.22. The molecular formula is C11H14O2. The lowest BCUT2D eigenvalue weighted by Crippen LogP contribution is -1.85. The molecule has 0 aliphatic heterocycles. The average Bonchev–Trinajstić information content (AvgIpc) is 2.19. The lowest BCUT2D eigenvalue weighted by Gasteiger charge is -2.01. The summed E-state index contributed by atoms with van der Waals surface area (Å²) in [6.07, 6.45) is 4.51. The third-order valence-corrected chi connectivity index (χ3v) is 1.72. The lowest BCUT2D eigenvalue weighted by molar-refractivity contribution is 0.337. The Morgan fingerprint density at radius 3 is 2.85 bits per heavy atom. The van der Waals surface area contributed by atoms with Crippen LogP contribution in [0.5, 0.6) is 5.75 Å². The summed E-state index contributed by atoms with van der Waals surface area (Å²) in [5.74, 6) is 0.892. The van der Waals surface area contributed by atoms with Crippen LogP contribution >= 0.6 is 0 Å². The van der Waals surface area contributed by atoms with E-state index in [1.165, 1.54) is 5.56 Å². The lowest BCUT2D eigenvalue weighted by atomic mass is 10.1. The molecule has 0 fully saturated rings. The number of benzene rings is 1. The number of rotatable bonds is 4. The Morgan fingerprint density at radius 2 is 2.15 bits per heavy atom. The molecule has 2 nitrogen and oxygen atoms in total. The van der Waals surface area contributed by atoms with Gasteiger partial charge in [0.1, 0.15) is 5.75 Å². The molecule has 0 unspecified atom stereocenters. The molecule has 2 heteroatoms. The quantitative estimate of drug-likeness (QED) is 0.659. The third kappa shape index (κ3) is 3.20. The van der Waals surface area contributed by atoms with Crippen LogP contribution in [0.1, 0.15) is 5.56 Å². The van der Waals surface area contributed by atoms with Crippen LogP contribution in [0, 0.1) is 0 Å². The van der Waals surface area contributed by atoms with Gasteiger partial charge in [-0.05, 0) is 30.2 Å². The number of hydrogen-bond acceptors (Lipinski definition) is 2. The molecule has 0 atom stereocenters. The maximum atomic E-state index is 5.11. The van der Waals surface area contributed by atoms with Crippen molar-refractivity contribution in [3.63, 3.8) is 0 Å². The van der Waals surface area contributed by atoms with E-state index in [4.69, 9.17) is 9.47 Å². The van der Waals surface area contributed by atoms with E-state index in [1.807, 2.05) is 24.3 Å². The van der Waals surface area contributed by atoms with E-state index in [0.717, 1.165) is 12.2 Å². The smallest absolute Gasteiger partial charge is 0.119 e. The number of ether oxygens (including phenoxy) is 2. The molecule has 1 aromatic rings. The predicted octanol–water partition coefficient (Wildman–Crippen LogP) is 2.40. The van der Waals surface area contributed by atoms with Gasteiger partial charge < -0.3 is 9.47 Å². The topological polar surface area (TPSA) is 18.5 Å². The van der Waals surface area contributed by atoms with Gasteiger partial charge in [-0.2, -0.15) is 0 Å². The van der Waals surface area contributed by atoms with E-state index in [2.05, 4.69) is 6.07 Å². The van der Waals surface area contributed by atoms with Crippen LogP contribution in [-0.4, -0.2) is 14.2 Å². The van der Waals surface area contributed by atoms with Crippen molar-refractivity contribution in [2.45, 2.75) is 6.42 Å². The second-order valence-corrected chi connectivity index (χ2v) is 2.66. The van der Waals surface area contributed by atoms with Gasteiger partial charge in [0.2, 0.25) is 0 Å². The van der Waals surface area contributed by atoms with Crippen LogP contribution < -0.4 is 4.74 Å². The van der Waals surface area contributed by atoms with Crippen LogP contribution in [0.3, 0.4) is 0 Å². The number of hydrogen-bond donors (Lipinski definition) is 0. The fourth-order valence-electron chi connectivity index (χ4n) is 1.08. The summed E-state index contributed by atoms with van der Waals surface area (Å²) >= 11 is 0. The zero-order chi connectivity index (χ0) is 9.52. The van der Waals surface area contributed by atoms with E-state index in [9.17, 15) is 0 Å². The van der Waals surface area contributed by atoms with Crippen molar-refractivity contribution >= 4 is 0 Å². The molecular weight excluding hydrogens is 164 g/mol. The van der Waals surface area contributed by atoms with Gasteiger partial charge >= 0.3 is 0 Å². The van der Waals surface area contributed by atoms with Gasteiger partial charge in [0, 0.05) is 0 Å². The van der Waals surface area contributed by atoms with E-state index in [1.54, 1.807) is 20.5 Å². The minimum atomic E-state index is 0.866. The average molecular weight is 178 g/mol. The summed E-state index contributed by atoms with van der Waals surface area (Å²) in [4.78, 5) is 0. The van der Waals surface area contributed by atoms with E-state index < -0.39 is 0 Å². The fourth-order valence-corrected chi connectivity index (χ4v) is 1.08. The molecule has 70 valence electrons. The molecule has 0 bridgehead atoms. The molecule has 0 aliphatic carbocycles. The second-order valence-electron chi connectivity index (χ2n) is 2.66. The first-order chi connectivity index (χ1) is 6.36. The molecule has 0 heterocycles. The highest BCUT2D eigenvalue weighted by molar-refractivity contribution is 5.29. The Hall–Kier alpha value is -1.44. The highest BCUT2D eigenvalue weighted by Gasteiger charge is 1.92. The molecule has 0 aliphatic rings. The molecule has 0 saturated carbocycles. The van der Waals surface area contributed by atoms with Crippen LogP contribution in [0.2, 0.25) is 0 Å². The van der Waals surface area contributed by atoms with Gasteiger partial charge in [0.05, 0.1) is 20.5 Å². The molecule has 0 amide bonds. The van der Waals surface area contributed by atoms with Gasteiger partial charge in [-0.1, -0.05) is 12.1 Å². The van der Waals surface area contributed by atoms with Crippen molar-refractivity contribution in [3.05, 3.63) is 42.2 Å². The second kappa shape index (κ2) is 5.25. The molecule has 1 rings (SSSR count). The Morgan fingerprint density at radius 1 is 1.31 bits per heavy atom. The van der Waals surface area contributed by atoms with Gasteiger partial charge in [-0.3, -0.25) is 0 Å². The van der Waals surface area contributed by atoms with Crippen molar-refractivity contribution < 1.29 is 9.47 Å². The predicted molar refractivity (Wildman–Crippen MR) is 52.8 cm³/mol. The normalized spacial score (nSPS) is 10.3. The Kier molecular flexibility index (Phi) is 3.89. The van der Waals surface area contributed by atoms with Crippen LogP contribution in [-0.2, 0) is 11.2 Å². The summed E-state index contributed by atoms with van der Waals surface area (Å²) in [5, 5.41) is 0. The van der Waals surface area contributed by atoms with E-state index >= 15 is 0 Å². The Balaban J connectivity index is 2.61.